The average Bonchev–Trinajstić information content (AvgIpc) is 2.50. The van der Waals surface area contributed by atoms with Gasteiger partial charge in [0.1, 0.15) is 17.2 Å². The van der Waals surface area contributed by atoms with Gasteiger partial charge in [0.15, 0.2) is 0 Å². The fourth-order valence-corrected chi connectivity index (χ4v) is 2.22. The molecule has 0 radical (unpaired) electrons. The minimum Gasteiger partial charge on any atom is -0.443 e. The van der Waals surface area contributed by atoms with Gasteiger partial charge in [0.05, 0.1) is 0 Å². The van der Waals surface area contributed by atoms with Crippen molar-refractivity contribution in [3.63, 3.8) is 0 Å². The van der Waals surface area contributed by atoms with Crippen LogP contribution in [0.25, 0.3) is 0 Å². The lowest BCUT2D eigenvalue weighted by atomic mass is 10.1. The molecule has 23 heavy (non-hydrogen) atoms. The van der Waals surface area contributed by atoms with Crippen LogP contribution in [-0.4, -0.2) is 53.6 Å². The van der Waals surface area contributed by atoms with E-state index in [1.165, 1.54) is 11.1 Å². The molecule has 1 rings (SSSR count). The van der Waals surface area contributed by atoms with E-state index in [2.05, 4.69) is 0 Å². The molecule has 1 aliphatic rings. The Morgan fingerprint density at radius 1 is 1.30 bits per heavy atom. The van der Waals surface area contributed by atoms with Crippen LogP contribution in [0.4, 0.5) is 4.79 Å². The van der Waals surface area contributed by atoms with Crippen molar-refractivity contribution in [1.82, 2.24) is 9.80 Å². The molecule has 1 heterocycles. The molecule has 0 bridgehead atoms. The topological polar surface area (TPSA) is 99.7 Å². The molecule has 2 amide bonds. The Morgan fingerprint density at radius 2 is 1.91 bits per heavy atom. The van der Waals surface area contributed by atoms with Crippen LogP contribution in [0.2, 0.25) is 0 Å². The molecule has 1 aliphatic heterocycles. The minimum absolute atomic E-state index is 0.0776. The second kappa shape index (κ2) is 8.53. The molecule has 7 nitrogen and oxygen atoms in total. The van der Waals surface area contributed by atoms with E-state index in [9.17, 15) is 14.9 Å². The number of carbonyl (C=O) groups is 2. The lowest BCUT2D eigenvalue weighted by Gasteiger charge is -2.27. The Morgan fingerprint density at radius 3 is 2.39 bits per heavy atom. The molecule has 1 saturated heterocycles. The van der Waals surface area contributed by atoms with Crippen molar-refractivity contribution in [2.75, 3.05) is 26.2 Å². The summed E-state index contributed by atoms with van der Waals surface area (Å²) < 4.78 is 5.28. The first kappa shape index (κ1) is 19.0. The van der Waals surface area contributed by atoms with Gasteiger partial charge >= 0.3 is 6.09 Å². The third kappa shape index (κ3) is 6.28. The lowest BCUT2D eigenvalue weighted by Crippen LogP contribution is -2.39. The quantitative estimate of drug-likeness (QED) is 0.626. The molecular weight excluding hydrogens is 296 g/mol. The number of nitrogens with two attached hydrogens (primary N) is 1. The van der Waals surface area contributed by atoms with Gasteiger partial charge in [-0.25, -0.2) is 4.79 Å². The van der Waals surface area contributed by atoms with E-state index in [0.29, 0.717) is 13.1 Å². The summed E-state index contributed by atoms with van der Waals surface area (Å²) in [6.45, 7) is 6.90. The fraction of sp³-hybridized carbons (Fsp3) is 0.688. The predicted octanol–water partition coefficient (Wildman–Crippen LogP) is 1.60. The van der Waals surface area contributed by atoms with Crippen LogP contribution in [0.3, 0.4) is 0 Å². The molecular formula is C16H26N4O3. The van der Waals surface area contributed by atoms with Gasteiger partial charge in [-0.15, -0.1) is 0 Å². The van der Waals surface area contributed by atoms with Gasteiger partial charge < -0.3 is 15.4 Å². The number of carbonyl (C=O) groups excluding carboxylic acids is 2. The highest BCUT2D eigenvalue weighted by molar-refractivity contribution is 5.97. The van der Waals surface area contributed by atoms with Crippen molar-refractivity contribution in [3.05, 3.63) is 11.8 Å². The zero-order chi connectivity index (χ0) is 17.5. The number of hydrogen-bond acceptors (Lipinski definition) is 5. The van der Waals surface area contributed by atoms with Gasteiger partial charge in [-0.3, -0.25) is 9.69 Å². The highest BCUT2D eigenvalue weighted by Gasteiger charge is 2.24. The van der Waals surface area contributed by atoms with Crippen molar-refractivity contribution < 1.29 is 14.3 Å². The van der Waals surface area contributed by atoms with Gasteiger partial charge in [-0.1, -0.05) is 0 Å². The fourth-order valence-electron chi connectivity index (χ4n) is 2.22. The molecule has 0 aromatic rings. The first-order valence-electron chi connectivity index (χ1n) is 7.89. The molecule has 7 heteroatoms. The summed E-state index contributed by atoms with van der Waals surface area (Å²) in [6, 6.07) is 1.89. The third-order valence-corrected chi connectivity index (χ3v) is 3.28. The van der Waals surface area contributed by atoms with Crippen molar-refractivity contribution >= 4 is 12.0 Å². The number of amides is 2. The predicted molar refractivity (Wildman–Crippen MR) is 86.1 cm³/mol. The maximum Gasteiger partial charge on any atom is 0.414 e. The zero-order valence-corrected chi connectivity index (χ0v) is 14.2. The van der Waals surface area contributed by atoms with Gasteiger partial charge in [0.25, 0.3) is 5.91 Å². The molecule has 2 N–H and O–H groups in total. The standard InChI is InChI=1S/C16H26N4O3/c1-16(2,3)23-15(22)20(10-7-17)12-13(11-18)14(21)19-8-5-4-6-9-19/h12H,4-10,17H2,1-3H3/b13-12-. The van der Waals surface area contributed by atoms with Gasteiger partial charge in [0.2, 0.25) is 0 Å². The number of piperidine rings is 1. The van der Waals surface area contributed by atoms with E-state index >= 15 is 0 Å². The van der Waals surface area contributed by atoms with Crippen LogP contribution in [0.1, 0.15) is 40.0 Å². The summed E-state index contributed by atoms with van der Waals surface area (Å²) in [5.41, 5.74) is 4.77. The number of nitriles is 1. The first-order chi connectivity index (χ1) is 10.8. The van der Waals surface area contributed by atoms with Crippen LogP contribution < -0.4 is 5.73 Å². The highest BCUT2D eigenvalue weighted by atomic mass is 16.6. The van der Waals surface area contributed by atoms with Gasteiger partial charge in [0, 0.05) is 32.4 Å². The van der Waals surface area contributed by atoms with Crippen molar-refractivity contribution in [3.8, 4) is 6.07 Å². The smallest absolute Gasteiger partial charge is 0.414 e. The number of hydrogen-bond donors (Lipinski definition) is 1. The minimum atomic E-state index is -0.665. The van der Waals surface area contributed by atoms with Crippen LogP contribution >= 0.6 is 0 Å². The second-order valence-corrected chi connectivity index (χ2v) is 6.47. The number of likely N-dealkylation sites (tertiary alicyclic amines) is 1. The highest BCUT2D eigenvalue weighted by Crippen LogP contribution is 2.14. The first-order valence-corrected chi connectivity index (χ1v) is 7.89. The van der Waals surface area contributed by atoms with E-state index in [4.69, 9.17) is 10.5 Å². The lowest BCUT2D eigenvalue weighted by molar-refractivity contribution is -0.127. The Kier molecular flexibility index (Phi) is 7.04. The summed E-state index contributed by atoms with van der Waals surface area (Å²) in [7, 11) is 0. The van der Waals surface area contributed by atoms with Gasteiger partial charge in [-0.05, 0) is 40.0 Å². The number of ether oxygens (including phenoxy) is 1. The largest absolute Gasteiger partial charge is 0.443 e. The van der Waals surface area contributed by atoms with Gasteiger partial charge in [-0.2, -0.15) is 5.26 Å². The third-order valence-electron chi connectivity index (χ3n) is 3.28. The number of nitrogens with zero attached hydrogens (tertiary/aromatic N) is 3. The van der Waals surface area contributed by atoms with Crippen molar-refractivity contribution in [2.24, 2.45) is 5.73 Å². The second-order valence-electron chi connectivity index (χ2n) is 6.47. The van der Waals surface area contributed by atoms with Crippen LogP contribution in [-0.2, 0) is 9.53 Å². The van der Waals surface area contributed by atoms with Crippen LogP contribution in [0.5, 0.6) is 0 Å². The van der Waals surface area contributed by atoms with Crippen molar-refractivity contribution in [2.45, 2.75) is 45.6 Å². The summed E-state index contributed by atoms with van der Waals surface area (Å²) in [4.78, 5) is 27.4. The van der Waals surface area contributed by atoms with Crippen LogP contribution in [0, 0.1) is 11.3 Å². The van der Waals surface area contributed by atoms with E-state index in [0.717, 1.165) is 19.3 Å². The molecule has 128 valence electrons. The summed E-state index contributed by atoms with van der Waals surface area (Å²) in [5.74, 6) is -0.349. The van der Waals surface area contributed by atoms with E-state index in [-0.39, 0.29) is 24.6 Å². The SMILES string of the molecule is CC(C)(C)OC(=O)N(/C=C(/C#N)C(=O)N1CCCCC1)CCN. The molecule has 1 fully saturated rings. The normalized spacial score (nSPS) is 15.8. The van der Waals surface area contributed by atoms with Crippen molar-refractivity contribution in [1.29, 1.82) is 5.26 Å². The summed E-state index contributed by atoms with van der Waals surface area (Å²) in [6.07, 6.45) is 3.58. The van der Waals surface area contributed by atoms with E-state index in [1.54, 1.807) is 25.7 Å². The molecule has 0 unspecified atom stereocenters. The summed E-state index contributed by atoms with van der Waals surface area (Å²) >= 11 is 0. The molecule has 0 aromatic heterocycles. The molecule has 0 aromatic carbocycles. The number of rotatable bonds is 4. The molecule has 0 atom stereocenters. The van der Waals surface area contributed by atoms with E-state index in [1.807, 2.05) is 6.07 Å². The maximum absolute atomic E-state index is 12.4. The van der Waals surface area contributed by atoms with E-state index < -0.39 is 11.7 Å². The monoisotopic (exact) mass is 322 g/mol. The molecule has 0 saturated carbocycles. The molecule has 0 spiro atoms. The Bertz CT molecular complexity index is 496. The Labute approximate surface area is 137 Å². The molecule has 0 aliphatic carbocycles. The Balaban J connectivity index is 2.91. The Hall–Kier alpha value is -2.07. The zero-order valence-electron chi connectivity index (χ0n) is 14.2. The average molecular weight is 322 g/mol. The van der Waals surface area contributed by atoms with Crippen LogP contribution in [0.15, 0.2) is 11.8 Å². The maximum atomic E-state index is 12.4. The summed E-state index contributed by atoms with van der Waals surface area (Å²) in [5, 5.41) is 9.28.